The molecular formula is C21H20ClNO4. The topological polar surface area (TPSA) is 72.5 Å². The molecule has 0 aromatic heterocycles. The Labute approximate surface area is 163 Å². The molecule has 0 spiro atoms. The van der Waals surface area contributed by atoms with E-state index < -0.39 is 24.5 Å². The summed E-state index contributed by atoms with van der Waals surface area (Å²) in [6.07, 6.45) is 3.17. The van der Waals surface area contributed by atoms with Gasteiger partial charge in [0.05, 0.1) is 6.04 Å². The highest BCUT2D eigenvalue weighted by Gasteiger charge is 2.18. The summed E-state index contributed by atoms with van der Waals surface area (Å²) in [5, 5.41) is 3.19. The Hall–Kier alpha value is -2.92. The van der Waals surface area contributed by atoms with Crippen LogP contribution in [0.3, 0.4) is 0 Å². The number of benzene rings is 2. The third-order valence-corrected chi connectivity index (χ3v) is 3.99. The fourth-order valence-electron chi connectivity index (χ4n) is 2.31. The molecule has 0 heterocycles. The van der Waals surface area contributed by atoms with E-state index >= 15 is 0 Å². The minimum atomic E-state index is -0.664. The van der Waals surface area contributed by atoms with E-state index in [1.807, 2.05) is 30.3 Å². The van der Waals surface area contributed by atoms with Crippen LogP contribution in [0.2, 0.25) is 5.02 Å². The molecule has 140 valence electrons. The van der Waals surface area contributed by atoms with Crippen molar-refractivity contribution in [1.29, 1.82) is 0 Å². The van der Waals surface area contributed by atoms with Crippen LogP contribution in [0.15, 0.2) is 60.7 Å². The summed E-state index contributed by atoms with van der Waals surface area (Å²) in [5.74, 6) is -1.34. The lowest BCUT2D eigenvalue weighted by atomic mass is 10.0. The maximum Gasteiger partial charge on any atom is 0.331 e. The number of carbonyl (C=O) groups is 3. The zero-order chi connectivity index (χ0) is 19.6. The Morgan fingerprint density at radius 3 is 2.37 bits per heavy atom. The van der Waals surface area contributed by atoms with Crippen molar-refractivity contribution in [3.63, 3.8) is 0 Å². The predicted molar refractivity (Wildman–Crippen MR) is 104 cm³/mol. The van der Waals surface area contributed by atoms with Crippen LogP contribution in [0.25, 0.3) is 6.08 Å². The number of halogens is 1. The summed E-state index contributed by atoms with van der Waals surface area (Å²) in [6.45, 7) is 0.955. The highest BCUT2D eigenvalue weighted by Crippen LogP contribution is 2.10. The third kappa shape index (κ3) is 7.46. The average Bonchev–Trinajstić information content (AvgIpc) is 2.66. The van der Waals surface area contributed by atoms with Gasteiger partial charge in [-0.1, -0.05) is 54.1 Å². The molecule has 1 atom stereocenters. The van der Waals surface area contributed by atoms with Crippen molar-refractivity contribution in [3.8, 4) is 0 Å². The lowest BCUT2D eigenvalue weighted by Crippen LogP contribution is -2.43. The van der Waals surface area contributed by atoms with Gasteiger partial charge in [0.1, 0.15) is 0 Å². The maximum atomic E-state index is 12.0. The summed E-state index contributed by atoms with van der Waals surface area (Å²) >= 11 is 5.79. The van der Waals surface area contributed by atoms with E-state index in [1.54, 1.807) is 30.3 Å². The van der Waals surface area contributed by atoms with Crippen molar-refractivity contribution < 1.29 is 19.1 Å². The Bertz CT molecular complexity index is 816. The number of hydrogen-bond donors (Lipinski definition) is 1. The Kier molecular flexibility index (Phi) is 7.77. The molecular weight excluding hydrogens is 366 g/mol. The summed E-state index contributed by atoms with van der Waals surface area (Å²) in [7, 11) is 0. The van der Waals surface area contributed by atoms with Crippen LogP contribution in [-0.2, 0) is 25.5 Å². The Balaban J connectivity index is 1.81. The largest absolute Gasteiger partial charge is 0.452 e. The summed E-state index contributed by atoms with van der Waals surface area (Å²) < 4.78 is 4.90. The van der Waals surface area contributed by atoms with E-state index in [-0.39, 0.29) is 5.78 Å². The lowest BCUT2D eigenvalue weighted by Gasteiger charge is -2.16. The standard InChI is InChI=1S/C21H20ClNO4/c1-15(24)19(13-17-5-3-2-4-6-17)23-20(25)14-27-21(26)12-9-16-7-10-18(22)11-8-16/h2-12,19H,13-14H2,1H3,(H,23,25)/b12-9+. The summed E-state index contributed by atoms with van der Waals surface area (Å²) in [6, 6.07) is 15.6. The van der Waals surface area contributed by atoms with Crippen LogP contribution >= 0.6 is 11.6 Å². The zero-order valence-corrected chi connectivity index (χ0v) is 15.6. The number of carbonyl (C=O) groups excluding carboxylic acids is 3. The molecule has 0 bridgehead atoms. The van der Waals surface area contributed by atoms with Gasteiger partial charge in [-0.3, -0.25) is 9.59 Å². The molecule has 2 aromatic rings. The van der Waals surface area contributed by atoms with Crippen LogP contribution in [0.5, 0.6) is 0 Å². The van der Waals surface area contributed by atoms with Crippen LogP contribution < -0.4 is 5.32 Å². The van der Waals surface area contributed by atoms with Crippen molar-refractivity contribution in [2.45, 2.75) is 19.4 Å². The van der Waals surface area contributed by atoms with Gasteiger partial charge in [0, 0.05) is 11.1 Å². The van der Waals surface area contributed by atoms with Gasteiger partial charge >= 0.3 is 5.97 Å². The lowest BCUT2D eigenvalue weighted by molar-refractivity contribution is -0.144. The number of hydrogen-bond acceptors (Lipinski definition) is 4. The van der Waals surface area contributed by atoms with Crippen molar-refractivity contribution >= 4 is 35.3 Å². The second-order valence-corrected chi connectivity index (χ2v) is 6.35. The minimum Gasteiger partial charge on any atom is -0.452 e. The quantitative estimate of drug-likeness (QED) is 0.559. The van der Waals surface area contributed by atoms with Gasteiger partial charge in [-0.05, 0) is 42.7 Å². The first kappa shape index (κ1) is 20.4. The number of amides is 1. The molecule has 0 fully saturated rings. The third-order valence-electron chi connectivity index (χ3n) is 3.74. The molecule has 0 radical (unpaired) electrons. The van der Waals surface area contributed by atoms with Crippen LogP contribution in [-0.4, -0.2) is 30.3 Å². The molecule has 2 rings (SSSR count). The maximum absolute atomic E-state index is 12.0. The number of esters is 1. The number of rotatable bonds is 8. The van der Waals surface area contributed by atoms with E-state index in [2.05, 4.69) is 5.32 Å². The van der Waals surface area contributed by atoms with Gasteiger partial charge in [-0.2, -0.15) is 0 Å². The molecule has 0 aliphatic heterocycles. The van der Waals surface area contributed by atoms with Crippen LogP contribution in [0, 0.1) is 0 Å². The molecule has 27 heavy (non-hydrogen) atoms. The first-order valence-corrected chi connectivity index (χ1v) is 8.76. The van der Waals surface area contributed by atoms with Gasteiger partial charge in [0.15, 0.2) is 12.4 Å². The monoisotopic (exact) mass is 385 g/mol. The van der Waals surface area contributed by atoms with Gasteiger partial charge in [0.2, 0.25) is 0 Å². The van der Waals surface area contributed by atoms with Crippen molar-refractivity contribution in [3.05, 3.63) is 76.8 Å². The highest BCUT2D eigenvalue weighted by atomic mass is 35.5. The first-order valence-electron chi connectivity index (χ1n) is 8.38. The van der Waals surface area contributed by atoms with E-state index in [9.17, 15) is 14.4 Å². The van der Waals surface area contributed by atoms with Gasteiger partial charge in [-0.25, -0.2) is 4.79 Å². The minimum absolute atomic E-state index is 0.166. The second-order valence-electron chi connectivity index (χ2n) is 5.91. The number of nitrogens with one attached hydrogen (secondary N) is 1. The SMILES string of the molecule is CC(=O)C(Cc1ccccc1)NC(=O)COC(=O)/C=C/c1ccc(Cl)cc1. The molecule has 2 aromatic carbocycles. The first-order chi connectivity index (χ1) is 12.9. The molecule has 0 aliphatic rings. The number of ether oxygens (including phenoxy) is 1. The average molecular weight is 386 g/mol. The van der Waals surface area contributed by atoms with Crippen LogP contribution in [0.4, 0.5) is 0 Å². The molecule has 1 N–H and O–H groups in total. The summed E-state index contributed by atoms with van der Waals surface area (Å²) in [4.78, 5) is 35.5. The molecule has 0 saturated carbocycles. The zero-order valence-electron chi connectivity index (χ0n) is 14.9. The van der Waals surface area contributed by atoms with Gasteiger partial charge < -0.3 is 10.1 Å². The van der Waals surface area contributed by atoms with E-state index in [0.717, 1.165) is 11.1 Å². The molecule has 6 heteroatoms. The normalized spacial score (nSPS) is 11.8. The number of Topliss-reactive ketones (excluding diaryl/α,β-unsaturated/α-hetero) is 1. The van der Waals surface area contributed by atoms with E-state index in [4.69, 9.17) is 16.3 Å². The van der Waals surface area contributed by atoms with Crippen molar-refractivity contribution in [2.75, 3.05) is 6.61 Å². The second kappa shape index (κ2) is 10.3. The van der Waals surface area contributed by atoms with Crippen molar-refractivity contribution in [1.82, 2.24) is 5.32 Å². The molecule has 1 unspecified atom stereocenters. The molecule has 5 nitrogen and oxygen atoms in total. The van der Waals surface area contributed by atoms with Crippen molar-refractivity contribution in [2.24, 2.45) is 0 Å². The predicted octanol–water partition coefficient (Wildman–Crippen LogP) is 3.21. The van der Waals surface area contributed by atoms with Crippen LogP contribution in [0.1, 0.15) is 18.1 Å². The van der Waals surface area contributed by atoms with E-state index in [1.165, 1.54) is 13.0 Å². The number of ketones is 1. The molecule has 0 aliphatic carbocycles. The fraction of sp³-hybridized carbons (Fsp3) is 0.190. The van der Waals surface area contributed by atoms with Gasteiger partial charge in [0.25, 0.3) is 5.91 Å². The molecule has 1 amide bonds. The Morgan fingerprint density at radius 2 is 1.74 bits per heavy atom. The van der Waals surface area contributed by atoms with E-state index in [0.29, 0.717) is 11.4 Å². The fourth-order valence-corrected chi connectivity index (χ4v) is 2.43. The summed E-state index contributed by atoms with van der Waals surface area (Å²) in [5.41, 5.74) is 1.71. The Morgan fingerprint density at radius 1 is 1.07 bits per heavy atom. The highest BCUT2D eigenvalue weighted by molar-refractivity contribution is 6.30. The molecule has 0 saturated heterocycles. The van der Waals surface area contributed by atoms with Gasteiger partial charge in [-0.15, -0.1) is 0 Å². The smallest absolute Gasteiger partial charge is 0.331 e.